The number of nitrogens with zero attached hydrogens (tertiary/aromatic N) is 5. The molecule has 2 aliphatic heterocycles. The predicted molar refractivity (Wildman–Crippen MR) is 172 cm³/mol. The van der Waals surface area contributed by atoms with Crippen LogP contribution in [0.15, 0.2) is 73.1 Å². The Labute approximate surface area is 257 Å². The van der Waals surface area contributed by atoms with Gasteiger partial charge >= 0.3 is 0 Å². The van der Waals surface area contributed by atoms with E-state index in [9.17, 15) is 14.4 Å². The standard InChI is InChI=1S/C34H37N7O3/c1-24-7-2-3-10-29(24)39-19-21-40(22-20-39)30-13-12-25(33(43)37-14-6-18-41-17-5-11-31(41)42)23-28(30)38-34(44)26-8-4-9-27-32(26)36-16-15-35-27/h2-4,7-10,12-13,15-16,23H,5-6,11,14,17-22H2,1H3,(H,37,43)(H,38,44). The van der Waals surface area contributed by atoms with Crippen LogP contribution < -0.4 is 20.4 Å². The van der Waals surface area contributed by atoms with Crippen molar-refractivity contribution in [1.82, 2.24) is 20.2 Å². The number of benzene rings is 3. The van der Waals surface area contributed by atoms with E-state index in [1.54, 1.807) is 36.7 Å². The average Bonchev–Trinajstić information content (AvgIpc) is 3.47. The Balaban J connectivity index is 1.20. The van der Waals surface area contributed by atoms with Crippen molar-refractivity contribution in [1.29, 1.82) is 0 Å². The third-order valence-electron chi connectivity index (χ3n) is 8.39. The summed E-state index contributed by atoms with van der Waals surface area (Å²) in [6, 6.07) is 19.2. The van der Waals surface area contributed by atoms with E-state index in [1.807, 2.05) is 17.0 Å². The summed E-state index contributed by atoms with van der Waals surface area (Å²) in [6.45, 7) is 7.21. The van der Waals surface area contributed by atoms with Crippen molar-refractivity contribution in [2.75, 3.05) is 60.9 Å². The highest BCUT2D eigenvalue weighted by Crippen LogP contribution is 2.31. The van der Waals surface area contributed by atoms with Crippen molar-refractivity contribution in [3.8, 4) is 0 Å². The van der Waals surface area contributed by atoms with Gasteiger partial charge in [0.1, 0.15) is 5.52 Å². The Morgan fingerprint density at radius 3 is 2.39 bits per heavy atom. The molecule has 0 radical (unpaired) electrons. The van der Waals surface area contributed by atoms with Crippen LogP contribution in [0.5, 0.6) is 0 Å². The summed E-state index contributed by atoms with van der Waals surface area (Å²) < 4.78 is 0. The molecule has 0 unspecified atom stereocenters. The molecule has 10 heteroatoms. The highest BCUT2D eigenvalue weighted by atomic mass is 16.2. The lowest BCUT2D eigenvalue weighted by molar-refractivity contribution is -0.127. The van der Waals surface area contributed by atoms with E-state index in [0.717, 1.165) is 44.8 Å². The quantitative estimate of drug-likeness (QED) is 0.280. The Morgan fingerprint density at radius 1 is 0.841 bits per heavy atom. The first-order valence-electron chi connectivity index (χ1n) is 15.2. The van der Waals surface area contributed by atoms with E-state index in [0.29, 0.717) is 53.8 Å². The van der Waals surface area contributed by atoms with Crippen molar-refractivity contribution < 1.29 is 14.4 Å². The van der Waals surface area contributed by atoms with Gasteiger partial charge in [0.2, 0.25) is 5.91 Å². The molecule has 2 aliphatic rings. The number of rotatable bonds is 9. The molecule has 0 saturated carbocycles. The van der Waals surface area contributed by atoms with E-state index in [2.05, 4.69) is 61.6 Å². The van der Waals surface area contributed by atoms with Crippen molar-refractivity contribution >= 4 is 45.8 Å². The van der Waals surface area contributed by atoms with Gasteiger partial charge in [0.15, 0.2) is 0 Å². The number of aryl methyl sites for hydroxylation is 1. The van der Waals surface area contributed by atoms with Crippen LogP contribution in [0, 0.1) is 6.92 Å². The molecule has 44 heavy (non-hydrogen) atoms. The summed E-state index contributed by atoms with van der Waals surface area (Å²) in [6.07, 6.45) is 5.37. The van der Waals surface area contributed by atoms with Gasteiger partial charge < -0.3 is 25.3 Å². The van der Waals surface area contributed by atoms with Gasteiger partial charge in [-0.15, -0.1) is 0 Å². The molecule has 3 aromatic carbocycles. The van der Waals surface area contributed by atoms with Crippen molar-refractivity contribution in [2.45, 2.75) is 26.2 Å². The van der Waals surface area contributed by atoms with Crippen LogP contribution in [0.1, 0.15) is 45.5 Å². The lowest BCUT2D eigenvalue weighted by Gasteiger charge is -2.38. The van der Waals surface area contributed by atoms with Gasteiger partial charge in [0.05, 0.1) is 22.5 Å². The summed E-state index contributed by atoms with van der Waals surface area (Å²) >= 11 is 0. The molecule has 0 bridgehead atoms. The van der Waals surface area contributed by atoms with Crippen LogP contribution in [-0.4, -0.2) is 78.4 Å². The van der Waals surface area contributed by atoms with Crippen LogP contribution in [0.4, 0.5) is 17.1 Å². The van der Waals surface area contributed by atoms with Gasteiger partial charge in [-0.3, -0.25) is 24.4 Å². The van der Waals surface area contributed by atoms with E-state index in [1.165, 1.54) is 11.3 Å². The number of hydrogen-bond acceptors (Lipinski definition) is 7. The fraction of sp³-hybridized carbons (Fsp3) is 0.324. The Bertz CT molecular complexity index is 1680. The topological polar surface area (TPSA) is 111 Å². The Kier molecular flexibility index (Phi) is 8.67. The number of carbonyl (C=O) groups excluding carboxylic acids is 3. The molecule has 2 fully saturated rings. The molecule has 0 atom stereocenters. The minimum absolute atomic E-state index is 0.184. The average molecular weight is 592 g/mol. The van der Waals surface area contributed by atoms with Gasteiger partial charge in [-0.1, -0.05) is 24.3 Å². The molecule has 3 heterocycles. The molecule has 1 aromatic heterocycles. The zero-order valence-electron chi connectivity index (χ0n) is 25.0. The second kappa shape index (κ2) is 13.1. The second-order valence-corrected chi connectivity index (χ2v) is 11.3. The molecule has 6 rings (SSSR count). The first kappa shape index (κ1) is 29.1. The van der Waals surface area contributed by atoms with Gasteiger partial charge in [-0.25, -0.2) is 0 Å². The SMILES string of the molecule is Cc1ccccc1N1CCN(c2ccc(C(=O)NCCCN3CCCC3=O)cc2NC(=O)c2cccc3nccnc23)CC1. The minimum Gasteiger partial charge on any atom is -0.368 e. The largest absolute Gasteiger partial charge is 0.368 e. The van der Waals surface area contributed by atoms with Gasteiger partial charge in [0.25, 0.3) is 11.8 Å². The lowest BCUT2D eigenvalue weighted by Crippen LogP contribution is -2.47. The summed E-state index contributed by atoms with van der Waals surface area (Å²) in [4.78, 5) is 53.9. The maximum absolute atomic E-state index is 13.6. The van der Waals surface area contributed by atoms with Gasteiger partial charge in [0, 0.05) is 75.9 Å². The van der Waals surface area contributed by atoms with Crippen LogP contribution in [-0.2, 0) is 4.79 Å². The number of carbonyl (C=O) groups is 3. The summed E-state index contributed by atoms with van der Waals surface area (Å²) in [5, 5.41) is 6.06. The number of anilines is 3. The monoisotopic (exact) mass is 591 g/mol. The third-order valence-corrected chi connectivity index (χ3v) is 8.39. The first-order chi connectivity index (χ1) is 21.5. The molecule has 2 N–H and O–H groups in total. The number of aromatic nitrogens is 2. The van der Waals surface area contributed by atoms with Crippen molar-refractivity contribution in [3.05, 3.63) is 89.7 Å². The van der Waals surface area contributed by atoms with Gasteiger partial charge in [-0.2, -0.15) is 0 Å². The summed E-state index contributed by atoms with van der Waals surface area (Å²) in [5.74, 6) is -0.354. The smallest absolute Gasteiger partial charge is 0.257 e. The normalized spacial score (nSPS) is 15.1. The number of fused-ring (bicyclic) bond motifs is 1. The zero-order valence-corrected chi connectivity index (χ0v) is 25.0. The highest BCUT2D eigenvalue weighted by molar-refractivity contribution is 6.12. The molecule has 4 aromatic rings. The Morgan fingerprint density at radius 2 is 1.61 bits per heavy atom. The fourth-order valence-electron chi connectivity index (χ4n) is 6.04. The second-order valence-electron chi connectivity index (χ2n) is 11.3. The number of amides is 3. The summed E-state index contributed by atoms with van der Waals surface area (Å²) in [5.41, 5.74) is 5.93. The van der Waals surface area contributed by atoms with Crippen LogP contribution in [0.25, 0.3) is 11.0 Å². The molecule has 3 amide bonds. The molecule has 0 aliphatic carbocycles. The molecular formula is C34H37N7O3. The van der Waals surface area contributed by atoms with E-state index in [-0.39, 0.29) is 17.7 Å². The maximum Gasteiger partial charge on any atom is 0.257 e. The van der Waals surface area contributed by atoms with Crippen molar-refractivity contribution in [2.24, 2.45) is 0 Å². The van der Waals surface area contributed by atoms with Crippen LogP contribution in [0.2, 0.25) is 0 Å². The molecule has 2 saturated heterocycles. The van der Waals surface area contributed by atoms with Gasteiger partial charge in [-0.05, 0) is 61.7 Å². The molecule has 10 nitrogen and oxygen atoms in total. The number of piperazine rings is 1. The lowest BCUT2D eigenvalue weighted by atomic mass is 10.1. The third kappa shape index (κ3) is 6.34. The Hall–Kier alpha value is -4.99. The van der Waals surface area contributed by atoms with Crippen LogP contribution >= 0.6 is 0 Å². The molecule has 226 valence electrons. The van der Waals surface area contributed by atoms with Crippen LogP contribution in [0.3, 0.4) is 0 Å². The number of para-hydroxylation sites is 2. The zero-order chi connectivity index (χ0) is 30.5. The number of likely N-dealkylation sites (tertiary alicyclic amines) is 1. The number of nitrogens with one attached hydrogen (secondary N) is 2. The van der Waals surface area contributed by atoms with E-state index >= 15 is 0 Å². The van der Waals surface area contributed by atoms with E-state index in [4.69, 9.17) is 0 Å². The molecule has 0 spiro atoms. The fourth-order valence-corrected chi connectivity index (χ4v) is 6.04. The highest BCUT2D eigenvalue weighted by Gasteiger charge is 2.23. The predicted octanol–water partition coefficient (Wildman–Crippen LogP) is 4.26. The molecular weight excluding hydrogens is 554 g/mol. The number of hydrogen-bond donors (Lipinski definition) is 2. The minimum atomic E-state index is -0.316. The first-order valence-corrected chi connectivity index (χ1v) is 15.2. The summed E-state index contributed by atoms with van der Waals surface area (Å²) in [7, 11) is 0. The maximum atomic E-state index is 13.6. The van der Waals surface area contributed by atoms with E-state index < -0.39 is 0 Å². The van der Waals surface area contributed by atoms with Crippen molar-refractivity contribution in [3.63, 3.8) is 0 Å².